The second kappa shape index (κ2) is 24.6. The lowest BCUT2D eigenvalue weighted by atomic mass is 9.70. The lowest BCUT2D eigenvalue weighted by molar-refractivity contribution is -0.126. The fraction of sp³-hybridized carbons (Fsp3) is 0.152. The van der Waals surface area contributed by atoms with E-state index in [1.54, 1.807) is 67.9 Å². The Labute approximate surface area is 433 Å². The van der Waals surface area contributed by atoms with Crippen LogP contribution in [0.4, 0.5) is 0 Å². The van der Waals surface area contributed by atoms with Crippen molar-refractivity contribution in [1.82, 2.24) is 30.4 Å². The van der Waals surface area contributed by atoms with Crippen LogP contribution in [-0.4, -0.2) is 154 Å². The normalized spacial score (nSPS) is 15.0. The maximum Gasteiger partial charge on any atom is 0.489 e. The number of hydrazone groups is 2. The van der Waals surface area contributed by atoms with Crippen LogP contribution in [-0.2, 0) is 27.5 Å². The number of fused-ring (bicyclic) bond motifs is 2. The van der Waals surface area contributed by atoms with E-state index in [0.717, 1.165) is 16.7 Å². The number of carbonyl (C=O) groups is 4. The van der Waals surface area contributed by atoms with E-state index < -0.39 is 21.2 Å². The number of ether oxygens (including phenoxy) is 2. The first-order chi connectivity index (χ1) is 35.6. The van der Waals surface area contributed by atoms with E-state index in [0.29, 0.717) is 69.3 Å². The molecule has 28 heteroatoms. The second-order valence-electron chi connectivity index (χ2n) is 16.0. The van der Waals surface area contributed by atoms with E-state index in [2.05, 4.69) is 35.9 Å². The average molecular weight is 1050 g/mol. The minimum Gasteiger partial charge on any atom is -0.508 e. The molecule has 10 rings (SSSR count). The highest BCUT2D eigenvalue weighted by molar-refractivity contribution is 6.68. The largest absolute Gasteiger partial charge is 0.508 e. The van der Waals surface area contributed by atoms with Crippen LogP contribution >= 0.6 is 23.2 Å². The average Bonchev–Trinajstić information content (AvgIpc) is 4.12. The predicted octanol–water partition coefficient (Wildman–Crippen LogP) is -1.01. The molecule has 0 fully saturated rings. The van der Waals surface area contributed by atoms with Gasteiger partial charge in [-0.15, -0.1) is 0 Å². The Morgan fingerprint density at radius 2 is 1.26 bits per heavy atom. The number of methoxy groups -OCH3 is 2. The van der Waals surface area contributed by atoms with Gasteiger partial charge in [-0.25, -0.2) is 30.7 Å². The van der Waals surface area contributed by atoms with Crippen LogP contribution in [0, 0.1) is 0 Å². The zero-order valence-corrected chi connectivity index (χ0v) is 40.9. The summed E-state index contributed by atoms with van der Waals surface area (Å²) in [5.41, 5.74) is 7.32. The molecule has 0 atom stereocenters. The van der Waals surface area contributed by atoms with Gasteiger partial charge in [-0.3, -0.25) is 39.7 Å². The van der Waals surface area contributed by atoms with Crippen LogP contribution in [0.25, 0.3) is 0 Å². The Morgan fingerprint density at radius 1 is 0.716 bits per heavy atom. The first-order valence-electron chi connectivity index (χ1n) is 22.1. The Kier molecular flexibility index (Phi) is 17.8. The number of carbonyl (C=O) groups excluding carboxylic acids is 4. The summed E-state index contributed by atoms with van der Waals surface area (Å²) in [6, 6.07) is 28.9. The van der Waals surface area contributed by atoms with E-state index in [-0.39, 0.29) is 60.1 Å². The molecule has 0 saturated carbocycles. The molecule has 0 spiro atoms. The Bertz CT molecular complexity index is 3060. The number of aldehydes is 1. The number of benzene rings is 5. The van der Waals surface area contributed by atoms with Crippen LogP contribution in [0.15, 0.2) is 128 Å². The number of nitrogens with zero attached hydrogens (tertiary/aromatic N) is 9. The molecule has 5 aromatic carbocycles. The molecule has 0 aromatic heterocycles. The standard InChI is InChI=1S/C18H16BClN4O3.C10H9BN4O3.C10H11ClN4O.C8H9BO4/c1-27-15-6-7-16-13(8-15)9-22-24(19(16)26)18-21-10-17(25)23(18)11-12-2-4-14(20)5-3-12;16-7-1-2-8-6(3-7)4-13-15(11(8)18)10-12-5-9(17)14-10;11-8-3-1-7(2-4-8)6-15-9(16)5-13-10(15)14-12;1-13-7-2-3-8(9(11)12)6(4-7)5-10/h2-9,26H,10-11H2,1H3;1-4,16,18H,5H2,(H,12,14,17);1-4H,5-6,12H2,(H,13,14);2-5,11-12H,1H3. The molecule has 5 aromatic rings. The number of aliphatic imine (C=N–C) groups is 3. The molecule has 0 saturated heterocycles. The molecule has 5 heterocycles. The fourth-order valence-electron chi connectivity index (χ4n) is 7.44. The van der Waals surface area contributed by atoms with Gasteiger partial charge in [-0.1, -0.05) is 65.7 Å². The minimum atomic E-state index is -1.63. The van der Waals surface area contributed by atoms with Crippen molar-refractivity contribution in [2.24, 2.45) is 31.0 Å². The number of hydrogen-bond acceptors (Lipinski definition) is 20. The van der Waals surface area contributed by atoms with Crippen LogP contribution in [0.3, 0.4) is 0 Å². The number of aromatic hydroxyl groups is 1. The lowest BCUT2D eigenvalue weighted by Crippen LogP contribution is -2.56. The molecule has 0 radical (unpaired) electrons. The number of nitrogens with one attached hydrogen (secondary N) is 2. The number of halogens is 2. The highest BCUT2D eigenvalue weighted by Gasteiger charge is 2.39. The van der Waals surface area contributed by atoms with Crippen molar-refractivity contribution < 1.29 is 53.9 Å². The highest BCUT2D eigenvalue weighted by atomic mass is 35.5. The first-order valence-corrected chi connectivity index (χ1v) is 22.9. The molecule has 5 aliphatic rings. The summed E-state index contributed by atoms with van der Waals surface area (Å²) in [5, 5.41) is 60.1. The van der Waals surface area contributed by atoms with Crippen molar-refractivity contribution >= 4 is 115 Å². The predicted molar refractivity (Wildman–Crippen MR) is 280 cm³/mol. The zero-order valence-electron chi connectivity index (χ0n) is 39.4. The number of phenols is 1. The summed E-state index contributed by atoms with van der Waals surface area (Å²) < 4.78 is 10.1. The third-order valence-corrected chi connectivity index (χ3v) is 11.7. The third kappa shape index (κ3) is 12.9. The molecular formula is C46H45B3Cl2N12O11. The number of guanidine groups is 3. The van der Waals surface area contributed by atoms with Gasteiger partial charge in [0.15, 0.2) is 0 Å². The van der Waals surface area contributed by atoms with Gasteiger partial charge in [0.2, 0.25) is 23.8 Å². The number of hydrazine groups is 1. The van der Waals surface area contributed by atoms with Gasteiger partial charge in [0, 0.05) is 15.6 Å². The number of amides is 3. The lowest BCUT2D eigenvalue weighted by Gasteiger charge is -2.30. The molecule has 5 aliphatic heterocycles. The molecule has 9 N–H and O–H groups in total. The van der Waals surface area contributed by atoms with E-state index in [9.17, 15) is 34.3 Å². The second-order valence-corrected chi connectivity index (χ2v) is 16.9. The van der Waals surface area contributed by atoms with Gasteiger partial charge in [0.05, 0.1) is 39.7 Å². The van der Waals surface area contributed by atoms with Gasteiger partial charge < -0.3 is 34.7 Å². The molecular weight excluding hydrogens is 1000 g/mol. The van der Waals surface area contributed by atoms with E-state index >= 15 is 0 Å². The van der Waals surface area contributed by atoms with Crippen molar-refractivity contribution in [2.75, 3.05) is 33.9 Å². The Hall–Kier alpha value is -8.10. The molecule has 0 bridgehead atoms. The van der Waals surface area contributed by atoms with E-state index in [1.165, 1.54) is 57.2 Å². The van der Waals surface area contributed by atoms with Gasteiger partial charge in [0.1, 0.15) is 43.2 Å². The van der Waals surface area contributed by atoms with Crippen molar-refractivity contribution in [3.63, 3.8) is 0 Å². The van der Waals surface area contributed by atoms with Crippen molar-refractivity contribution in [1.29, 1.82) is 0 Å². The van der Waals surface area contributed by atoms with Crippen LogP contribution in [0.5, 0.6) is 17.2 Å². The number of rotatable bonds is 8. The Morgan fingerprint density at radius 3 is 1.84 bits per heavy atom. The highest BCUT2D eigenvalue weighted by Crippen LogP contribution is 2.21. The quantitative estimate of drug-likeness (QED) is 0.0400. The van der Waals surface area contributed by atoms with Gasteiger partial charge in [0.25, 0.3) is 11.8 Å². The SMILES string of the molecule is COc1ccc(B(O)O)c(C=O)c1.COc1ccc2c(c1)C=NN(C1=NCC(=O)N1Cc1ccc(Cl)cc1)B2O.NNC1=NCC(=O)N1Cc1ccc(Cl)cc1.O=C1CN=C(N2N=Cc3cc(O)ccc3B2O)N1. The number of hydrogen-bond donors (Lipinski definition) is 8. The summed E-state index contributed by atoms with van der Waals surface area (Å²) in [4.78, 5) is 63.2. The van der Waals surface area contributed by atoms with Crippen molar-refractivity contribution in [3.05, 3.63) is 141 Å². The van der Waals surface area contributed by atoms with Crippen LogP contribution < -0.4 is 42.4 Å². The topological polar surface area (TPSA) is 313 Å². The van der Waals surface area contributed by atoms with Crippen LogP contribution in [0.1, 0.15) is 32.6 Å². The molecule has 3 amide bonds. The Balaban J connectivity index is 0.000000150. The molecule has 378 valence electrons. The molecule has 0 unspecified atom stereocenters. The summed E-state index contributed by atoms with van der Waals surface area (Å²) >= 11 is 11.7. The third-order valence-electron chi connectivity index (χ3n) is 11.2. The molecule has 0 aliphatic carbocycles. The van der Waals surface area contributed by atoms with Crippen LogP contribution in [0.2, 0.25) is 10.0 Å². The van der Waals surface area contributed by atoms with Gasteiger partial charge in [-0.2, -0.15) is 10.2 Å². The zero-order chi connectivity index (χ0) is 53.1. The molecule has 23 nitrogen and oxygen atoms in total. The summed E-state index contributed by atoms with van der Waals surface area (Å²) in [6.07, 6.45) is 3.67. The fourth-order valence-corrected chi connectivity index (χ4v) is 7.69. The summed E-state index contributed by atoms with van der Waals surface area (Å²) in [6.45, 7) is 0.975. The van der Waals surface area contributed by atoms with Gasteiger partial charge >= 0.3 is 21.2 Å². The minimum absolute atomic E-state index is 0.0249. The number of phenolic OH excluding ortho intramolecular Hbond substituents is 1. The maximum atomic E-state index is 12.3. The summed E-state index contributed by atoms with van der Waals surface area (Å²) in [7, 11) is -0.668. The van der Waals surface area contributed by atoms with E-state index in [1.807, 2.05) is 24.3 Å². The molecule has 74 heavy (non-hydrogen) atoms. The van der Waals surface area contributed by atoms with Crippen molar-refractivity contribution in [2.45, 2.75) is 13.1 Å². The monoisotopic (exact) mass is 1040 g/mol. The summed E-state index contributed by atoms with van der Waals surface area (Å²) in [5.74, 6) is 7.06. The number of nitrogens with two attached hydrogens (primary N) is 1. The van der Waals surface area contributed by atoms with Gasteiger partial charge in [-0.05, 0) is 99.3 Å². The van der Waals surface area contributed by atoms with Crippen molar-refractivity contribution in [3.8, 4) is 17.2 Å². The first kappa shape index (κ1) is 53.7. The maximum absolute atomic E-state index is 12.3. The van der Waals surface area contributed by atoms with E-state index in [4.69, 9.17) is 48.6 Å². The smallest absolute Gasteiger partial charge is 0.489 e.